The summed E-state index contributed by atoms with van der Waals surface area (Å²) in [5.74, 6) is 0. The maximum absolute atomic E-state index is 6.04. The normalized spacial score (nSPS) is 17.4. The number of rotatable bonds is 2. The number of nitrogens with zero attached hydrogens (tertiary/aromatic N) is 1. The second kappa shape index (κ2) is 5.23. The van der Waals surface area contributed by atoms with Gasteiger partial charge in [-0.05, 0) is 31.6 Å². The van der Waals surface area contributed by atoms with Gasteiger partial charge in [0.05, 0.1) is 12.2 Å². The third-order valence-corrected chi connectivity index (χ3v) is 6.48. The van der Waals surface area contributed by atoms with Gasteiger partial charge in [-0.3, -0.25) is 0 Å². The Morgan fingerprint density at radius 1 is 1.11 bits per heavy atom. The molecule has 0 radical (unpaired) electrons. The van der Waals surface area contributed by atoms with E-state index in [0.717, 1.165) is 11.6 Å². The Morgan fingerprint density at radius 2 is 1.89 bits per heavy atom. The predicted molar refractivity (Wildman–Crippen MR) is 90.9 cm³/mol. The summed E-state index contributed by atoms with van der Waals surface area (Å²) in [5.41, 5.74) is 3.86. The van der Waals surface area contributed by atoms with Crippen molar-refractivity contribution in [2.24, 2.45) is 0 Å². The van der Waals surface area contributed by atoms with Crippen molar-refractivity contribution in [3.05, 3.63) is 64.7 Å². The monoisotopic (exact) mass is 387 g/mol. The minimum Gasteiger partial charge on any atom is -0.309 e. The van der Waals surface area contributed by atoms with Crippen molar-refractivity contribution in [1.29, 1.82) is 0 Å². The van der Waals surface area contributed by atoms with Gasteiger partial charge in [-0.15, -0.1) is 0 Å². The Balaban J connectivity index is 1.94. The second-order valence-electron chi connectivity index (χ2n) is 4.11. The molecule has 0 fully saturated rings. The third-order valence-electron chi connectivity index (χ3n) is 2.86. The van der Waals surface area contributed by atoms with E-state index in [4.69, 9.17) is 11.6 Å². The van der Waals surface area contributed by atoms with E-state index < -0.39 is 0 Å². The Bertz CT molecular complexity index is 612. The number of fused-ring (bicyclic) bond motifs is 1. The summed E-state index contributed by atoms with van der Waals surface area (Å²) in [6.07, 6.45) is 0. The van der Waals surface area contributed by atoms with Gasteiger partial charge in [0.1, 0.15) is 0 Å². The topological polar surface area (TPSA) is 3.24 Å². The first-order valence-electron chi connectivity index (χ1n) is 5.59. The lowest BCUT2D eigenvalue weighted by Crippen LogP contribution is -2.11. The molecule has 1 atom stereocenters. The standard InChI is InChI=1S/C14H11ClINS/c15-13-6-7-14-12(8-13)10-18(16)17(14)9-11-4-2-1-3-5-11/h1-8,10H,9H2. The number of halogens is 2. The summed E-state index contributed by atoms with van der Waals surface area (Å²) in [6, 6.07) is 16.7. The molecule has 4 heteroatoms. The lowest BCUT2D eigenvalue weighted by Gasteiger charge is -2.21. The maximum Gasteiger partial charge on any atom is 0.0555 e. The Morgan fingerprint density at radius 3 is 2.67 bits per heavy atom. The Labute approximate surface area is 126 Å². The number of benzene rings is 2. The summed E-state index contributed by atoms with van der Waals surface area (Å²) >= 11 is 8.52. The largest absolute Gasteiger partial charge is 0.309 e. The summed E-state index contributed by atoms with van der Waals surface area (Å²) in [7, 11) is 0.104. The molecule has 1 aliphatic rings. The quantitative estimate of drug-likeness (QED) is 0.515. The molecule has 0 aliphatic carbocycles. The fourth-order valence-corrected chi connectivity index (χ4v) is 5.21. The molecular weight excluding hydrogens is 377 g/mol. The van der Waals surface area contributed by atoms with Gasteiger partial charge in [0.25, 0.3) is 0 Å². The first kappa shape index (κ1) is 12.5. The fraction of sp³-hybridized carbons (Fsp3) is 0.0714. The van der Waals surface area contributed by atoms with E-state index in [2.05, 4.69) is 67.3 Å². The molecule has 2 aromatic rings. The van der Waals surface area contributed by atoms with Crippen LogP contribution in [0.2, 0.25) is 5.02 Å². The van der Waals surface area contributed by atoms with Crippen LogP contribution in [0, 0.1) is 0 Å². The molecule has 18 heavy (non-hydrogen) atoms. The smallest absolute Gasteiger partial charge is 0.0555 e. The van der Waals surface area contributed by atoms with Crippen LogP contribution in [0.3, 0.4) is 0 Å². The van der Waals surface area contributed by atoms with E-state index in [0.29, 0.717) is 0 Å². The van der Waals surface area contributed by atoms with Gasteiger partial charge < -0.3 is 4.31 Å². The molecule has 0 saturated carbocycles. The zero-order chi connectivity index (χ0) is 12.5. The molecule has 0 amide bonds. The van der Waals surface area contributed by atoms with E-state index in [1.165, 1.54) is 16.8 Å². The molecular formula is C14H11ClINS. The summed E-state index contributed by atoms with van der Waals surface area (Å²) in [4.78, 5) is 0. The summed E-state index contributed by atoms with van der Waals surface area (Å²) < 4.78 is 2.42. The van der Waals surface area contributed by atoms with E-state index in [1.807, 2.05) is 12.1 Å². The van der Waals surface area contributed by atoms with Crippen LogP contribution in [0.5, 0.6) is 0 Å². The zero-order valence-electron chi connectivity index (χ0n) is 9.51. The number of hydrogen-bond donors (Lipinski definition) is 0. The van der Waals surface area contributed by atoms with Crippen LogP contribution in [-0.2, 0) is 6.54 Å². The molecule has 0 N–H and O–H groups in total. The summed E-state index contributed by atoms with van der Waals surface area (Å²) in [5, 5.41) is 3.09. The molecule has 1 unspecified atom stereocenters. The number of hydrogen-bond acceptors (Lipinski definition) is 1. The van der Waals surface area contributed by atoms with Gasteiger partial charge >= 0.3 is 0 Å². The second-order valence-corrected chi connectivity index (χ2v) is 8.45. The van der Waals surface area contributed by atoms with E-state index in [1.54, 1.807) is 0 Å². The average molecular weight is 388 g/mol. The van der Waals surface area contributed by atoms with Crippen molar-refractivity contribution in [3.63, 3.8) is 0 Å². The van der Waals surface area contributed by atoms with Crippen molar-refractivity contribution in [3.8, 4) is 0 Å². The molecule has 3 rings (SSSR count). The van der Waals surface area contributed by atoms with Crippen molar-refractivity contribution in [1.82, 2.24) is 0 Å². The van der Waals surface area contributed by atoms with Gasteiger partial charge in [0, 0.05) is 37.2 Å². The lowest BCUT2D eigenvalue weighted by molar-refractivity contribution is 1.06. The fourth-order valence-electron chi connectivity index (χ4n) is 2.01. The van der Waals surface area contributed by atoms with Crippen LogP contribution < -0.4 is 4.31 Å². The first-order valence-corrected chi connectivity index (χ1v) is 9.76. The molecule has 1 aliphatic heterocycles. The van der Waals surface area contributed by atoms with Gasteiger partial charge in [0.2, 0.25) is 0 Å². The molecule has 1 nitrogen and oxygen atoms in total. The maximum atomic E-state index is 6.04. The molecule has 0 bridgehead atoms. The van der Waals surface area contributed by atoms with Gasteiger partial charge in [-0.1, -0.05) is 41.9 Å². The van der Waals surface area contributed by atoms with Crippen LogP contribution in [0.15, 0.2) is 48.5 Å². The van der Waals surface area contributed by atoms with Gasteiger partial charge in [-0.2, -0.15) is 0 Å². The van der Waals surface area contributed by atoms with Crippen LogP contribution in [-0.4, -0.2) is 5.37 Å². The lowest BCUT2D eigenvalue weighted by atomic mass is 10.2. The summed E-state index contributed by atoms with van der Waals surface area (Å²) in [6.45, 7) is 0.942. The van der Waals surface area contributed by atoms with Crippen molar-refractivity contribution in [2.75, 3.05) is 4.31 Å². The van der Waals surface area contributed by atoms with Crippen LogP contribution in [0.1, 0.15) is 11.1 Å². The van der Waals surface area contributed by atoms with E-state index >= 15 is 0 Å². The van der Waals surface area contributed by atoms with Crippen LogP contribution in [0.4, 0.5) is 5.69 Å². The van der Waals surface area contributed by atoms with Crippen LogP contribution >= 0.6 is 40.6 Å². The van der Waals surface area contributed by atoms with Gasteiger partial charge in [0.15, 0.2) is 0 Å². The first-order chi connectivity index (χ1) is 8.74. The van der Waals surface area contributed by atoms with Crippen LogP contribution in [0.25, 0.3) is 0 Å². The van der Waals surface area contributed by atoms with Crippen molar-refractivity contribution < 1.29 is 0 Å². The SMILES string of the molecule is Clc1ccc2c(c1)C=S(I)N2Cc1ccccc1. The minimum atomic E-state index is 0.104. The number of anilines is 1. The minimum absolute atomic E-state index is 0.104. The molecule has 0 aromatic heterocycles. The highest BCUT2D eigenvalue weighted by Crippen LogP contribution is 2.43. The van der Waals surface area contributed by atoms with E-state index in [9.17, 15) is 0 Å². The highest BCUT2D eigenvalue weighted by molar-refractivity contribution is 14.2. The molecule has 0 spiro atoms. The molecule has 0 saturated heterocycles. The predicted octanol–water partition coefficient (Wildman–Crippen LogP) is 5.04. The molecule has 92 valence electrons. The highest BCUT2D eigenvalue weighted by Gasteiger charge is 2.19. The molecule has 1 heterocycles. The highest BCUT2D eigenvalue weighted by atomic mass is 127. The third kappa shape index (κ3) is 2.44. The van der Waals surface area contributed by atoms with E-state index in [-0.39, 0.29) is 7.84 Å². The Hall–Kier alpha value is -0.520. The average Bonchev–Trinajstić information content (AvgIpc) is 2.66. The van der Waals surface area contributed by atoms with Crippen molar-refractivity contribution >= 4 is 51.7 Å². The van der Waals surface area contributed by atoms with Gasteiger partial charge in [-0.25, -0.2) is 0 Å². The Kier molecular flexibility index (Phi) is 3.63. The molecule has 2 aromatic carbocycles. The van der Waals surface area contributed by atoms with Crippen molar-refractivity contribution in [2.45, 2.75) is 6.54 Å². The zero-order valence-corrected chi connectivity index (χ0v) is 13.2.